The van der Waals surface area contributed by atoms with Crippen molar-refractivity contribution < 1.29 is 18.0 Å². The Labute approximate surface area is 118 Å². The lowest BCUT2D eigenvalue weighted by atomic mass is 10.1. The molecule has 0 N–H and O–H groups in total. The van der Waals surface area contributed by atoms with Gasteiger partial charge in [-0.05, 0) is 28.8 Å². The molecule has 19 heavy (non-hydrogen) atoms. The predicted octanol–water partition coefficient (Wildman–Crippen LogP) is 3.93. The van der Waals surface area contributed by atoms with Crippen molar-refractivity contribution in [2.45, 2.75) is 38.8 Å². The van der Waals surface area contributed by atoms with Gasteiger partial charge in [0, 0.05) is 0 Å². The molecule has 0 saturated heterocycles. The summed E-state index contributed by atoms with van der Waals surface area (Å²) in [4.78, 5) is 4.81. The molecule has 0 saturated carbocycles. The maximum atomic E-state index is 13.0. The topological polar surface area (TPSA) is 38.0 Å². The zero-order valence-electron chi connectivity index (χ0n) is 10.6. The third kappa shape index (κ3) is 3.24. The first-order chi connectivity index (χ1) is 8.88. The largest absolute Gasteiger partial charge is 0.436 e. The molecule has 0 aliphatic carbocycles. The van der Waals surface area contributed by atoms with Gasteiger partial charge >= 0.3 is 6.18 Å². The molecule has 1 aromatic heterocycles. The number of rotatable bonds is 5. The van der Waals surface area contributed by atoms with Crippen LogP contribution >= 0.6 is 15.9 Å². The van der Waals surface area contributed by atoms with Crippen molar-refractivity contribution in [3.63, 3.8) is 0 Å². The molecule has 0 radical (unpaired) electrons. The first-order valence-corrected chi connectivity index (χ1v) is 6.62. The predicted molar refractivity (Wildman–Crippen MR) is 67.6 cm³/mol. The molecular weight excluding hydrogens is 325 g/mol. The minimum Gasteiger partial charge on any atom is -0.417 e. The van der Waals surface area contributed by atoms with Gasteiger partial charge in [0.1, 0.15) is 18.7 Å². The lowest BCUT2D eigenvalue weighted by molar-refractivity contribution is -0.150. The van der Waals surface area contributed by atoms with E-state index in [9.17, 15) is 13.2 Å². The highest BCUT2D eigenvalue weighted by Crippen LogP contribution is 2.38. The van der Waals surface area contributed by atoms with Crippen LogP contribution in [-0.4, -0.2) is 11.8 Å². The number of unbranched alkanes of at least 4 members (excludes halogenated alkanes) is 2. The molecule has 0 fully saturated rings. The molecule has 0 aliphatic heterocycles. The average Bonchev–Trinajstić information content (AvgIpc) is 2.62. The molecule has 1 rings (SSSR count). The van der Waals surface area contributed by atoms with Gasteiger partial charge < -0.3 is 4.84 Å². The average molecular weight is 339 g/mol. The Balaban J connectivity index is 3.32. The lowest BCUT2D eigenvalue weighted by Gasteiger charge is -2.13. The second-order valence-corrected chi connectivity index (χ2v) is 4.82. The van der Waals surface area contributed by atoms with Gasteiger partial charge in [0.25, 0.3) is 0 Å². The van der Waals surface area contributed by atoms with Crippen molar-refractivity contribution in [1.82, 2.24) is 4.73 Å². The maximum Gasteiger partial charge on any atom is 0.436 e. The SMILES string of the molecule is CCCCCc1c(Br)c(C#N)c(C(F)(F)F)n1OC. The molecule has 3 nitrogen and oxygen atoms in total. The van der Waals surface area contributed by atoms with Gasteiger partial charge in [0.05, 0.1) is 10.2 Å². The van der Waals surface area contributed by atoms with Gasteiger partial charge in [-0.3, -0.25) is 0 Å². The van der Waals surface area contributed by atoms with Crippen molar-refractivity contribution in [2.24, 2.45) is 0 Å². The van der Waals surface area contributed by atoms with Crippen LogP contribution in [0.1, 0.15) is 43.1 Å². The van der Waals surface area contributed by atoms with E-state index in [1.165, 1.54) is 0 Å². The maximum absolute atomic E-state index is 13.0. The molecule has 0 spiro atoms. The molecule has 7 heteroatoms. The van der Waals surface area contributed by atoms with E-state index in [1.54, 1.807) is 6.07 Å². The summed E-state index contributed by atoms with van der Waals surface area (Å²) in [6.07, 6.45) is -1.60. The molecule has 0 bridgehead atoms. The Morgan fingerprint density at radius 3 is 2.42 bits per heavy atom. The number of aromatic nitrogens is 1. The van der Waals surface area contributed by atoms with Crippen LogP contribution in [0.3, 0.4) is 0 Å². The summed E-state index contributed by atoms with van der Waals surface area (Å²) in [6.45, 7) is 2.01. The van der Waals surface area contributed by atoms with Crippen LogP contribution in [0, 0.1) is 11.3 Å². The van der Waals surface area contributed by atoms with Gasteiger partial charge in [-0.2, -0.15) is 23.2 Å². The zero-order chi connectivity index (χ0) is 14.6. The minimum atomic E-state index is -4.63. The van der Waals surface area contributed by atoms with Crippen LogP contribution < -0.4 is 4.84 Å². The number of alkyl halides is 3. The number of nitriles is 1. The number of halogens is 4. The third-order valence-corrected chi connectivity index (χ3v) is 3.59. The van der Waals surface area contributed by atoms with E-state index in [4.69, 9.17) is 10.1 Å². The summed E-state index contributed by atoms with van der Waals surface area (Å²) < 4.78 is 39.8. The molecule has 0 atom stereocenters. The first kappa shape index (κ1) is 15.9. The second-order valence-electron chi connectivity index (χ2n) is 4.03. The Kier molecular flexibility index (Phi) is 5.29. The van der Waals surface area contributed by atoms with Gasteiger partial charge in [-0.1, -0.05) is 19.8 Å². The molecular formula is C12H14BrF3N2O. The van der Waals surface area contributed by atoms with E-state index >= 15 is 0 Å². The molecule has 0 amide bonds. The first-order valence-electron chi connectivity index (χ1n) is 5.83. The summed E-state index contributed by atoms with van der Waals surface area (Å²) in [6, 6.07) is 1.59. The normalized spacial score (nSPS) is 11.4. The Morgan fingerprint density at radius 2 is 2.00 bits per heavy atom. The summed E-state index contributed by atoms with van der Waals surface area (Å²) >= 11 is 3.08. The third-order valence-electron chi connectivity index (χ3n) is 2.74. The summed E-state index contributed by atoms with van der Waals surface area (Å²) in [5.41, 5.74) is -1.14. The monoisotopic (exact) mass is 338 g/mol. The van der Waals surface area contributed by atoms with Gasteiger partial charge in [0.2, 0.25) is 0 Å². The van der Waals surface area contributed by atoms with Crippen LogP contribution in [-0.2, 0) is 12.6 Å². The summed E-state index contributed by atoms with van der Waals surface area (Å²) in [5.74, 6) is 0. The lowest BCUT2D eigenvalue weighted by Crippen LogP contribution is -2.20. The molecule has 0 unspecified atom stereocenters. The highest BCUT2D eigenvalue weighted by Gasteiger charge is 2.41. The van der Waals surface area contributed by atoms with Crippen molar-refractivity contribution in [1.29, 1.82) is 5.26 Å². The van der Waals surface area contributed by atoms with Crippen LogP contribution in [0.5, 0.6) is 0 Å². The quantitative estimate of drug-likeness (QED) is 0.763. The van der Waals surface area contributed by atoms with E-state index in [1.807, 2.05) is 6.92 Å². The van der Waals surface area contributed by atoms with E-state index in [0.29, 0.717) is 16.8 Å². The van der Waals surface area contributed by atoms with Crippen molar-refractivity contribution in [2.75, 3.05) is 7.11 Å². The van der Waals surface area contributed by atoms with E-state index in [2.05, 4.69) is 15.9 Å². The van der Waals surface area contributed by atoms with Crippen LogP contribution in [0.4, 0.5) is 13.2 Å². The van der Waals surface area contributed by atoms with E-state index in [-0.39, 0.29) is 4.47 Å². The van der Waals surface area contributed by atoms with Gasteiger partial charge in [-0.25, -0.2) is 0 Å². The molecule has 0 aromatic carbocycles. The van der Waals surface area contributed by atoms with E-state index < -0.39 is 17.4 Å². The standard InChI is InChI=1S/C12H14BrF3N2O/c1-3-4-5-6-9-10(13)8(7-17)11(12(14,15)16)18(9)19-2/h3-6H2,1-2H3. The zero-order valence-corrected chi connectivity index (χ0v) is 12.2. The molecule has 1 heterocycles. The number of hydrogen-bond acceptors (Lipinski definition) is 2. The number of hydrogen-bond donors (Lipinski definition) is 0. The fraction of sp³-hybridized carbons (Fsp3) is 0.583. The van der Waals surface area contributed by atoms with Crippen molar-refractivity contribution >= 4 is 15.9 Å². The van der Waals surface area contributed by atoms with Gasteiger partial charge in [-0.15, -0.1) is 0 Å². The smallest absolute Gasteiger partial charge is 0.417 e. The van der Waals surface area contributed by atoms with Crippen LogP contribution in [0.15, 0.2) is 4.47 Å². The van der Waals surface area contributed by atoms with Crippen molar-refractivity contribution in [3.05, 3.63) is 21.4 Å². The van der Waals surface area contributed by atoms with Crippen molar-refractivity contribution in [3.8, 4) is 6.07 Å². The Bertz CT molecular complexity index is 489. The fourth-order valence-corrected chi connectivity index (χ4v) is 2.52. The Morgan fingerprint density at radius 1 is 1.37 bits per heavy atom. The molecule has 106 valence electrons. The molecule has 0 aliphatic rings. The number of nitrogens with zero attached hydrogens (tertiary/aromatic N) is 2. The van der Waals surface area contributed by atoms with Gasteiger partial charge in [0.15, 0.2) is 5.69 Å². The second kappa shape index (κ2) is 6.33. The molecule has 1 aromatic rings. The fourth-order valence-electron chi connectivity index (χ4n) is 1.89. The Hall–Kier alpha value is -1.16. The van der Waals surface area contributed by atoms with Crippen LogP contribution in [0.25, 0.3) is 0 Å². The highest BCUT2D eigenvalue weighted by molar-refractivity contribution is 9.10. The summed E-state index contributed by atoms with van der Waals surface area (Å²) in [7, 11) is 1.16. The highest BCUT2D eigenvalue weighted by atomic mass is 79.9. The minimum absolute atomic E-state index is 0.167. The van der Waals surface area contributed by atoms with E-state index in [0.717, 1.165) is 26.4 Å². The summed E-state index contributed by atoms with van der Waals surface area (Å²) in [5, 5.41) is 8.92. The van der Waals surface area contributed by atoms with Crippen LogP contribution in [0.2, 0.25) is 0 Å².